The molecule has 4 rings (SSSR count). The minimum Gasteiger partial charge on any atom is -0.347 e. The van der Waals surface area contributed by atoms with E-state index in [9.17, 15) is 9.59 Å². The lowest BCUT2D eigenvalue weighted by atomic mass is 10.1. The van der Waals surface area contributed by atoms with Crippen molar-refractivity contribution in [3.05, 3.63) is 36.5 Å². The first-order valence-corrected chi connectivity index (χ1v) is 9.43. The molecule has 0 bridgehead atoms. The van der Waals surface area contributed by atoms with E-state index in [-0.39, 0.29) is 24.4 Å². The number of hydrogen-bond acceptors (Lipinski definition) is 7. The molecule has 3 aromatic rings. The fraction of sp³-hybridized carbons (Fsp3) is 0.368. The molecular weight excluding hydrogens is 374 g/mol. The van der Waals surface area contributed by atoms with Crippen molar-refractivity contribution in [2.24, 2.45) is 0 Å². The molecule has 1 N–H and O–H groups in total. The number of nitrogens with zero attached hydrogens (tertiary/aromatic N) is 6. The van der Waals surface area contributed by atoms with Crippen LogP contribution in [-0.2, 0) is 9.59 Å². The summed E-state index contributed by atoms with van der Waals surface area (Å²) in [5.74, 6) is 0.462. The van der Waals surface area contributed by atoms with Gasteiger partial charge < -0.3 is 14.7 Å². The summed E-state index contributed by atoms with van der Waals surface area (Å²) in [4.78, 5) is 29.4. The topological polar surface area (TPSA) is 119 Å². The van der Waals surface area contributed by atoms with Crippen molar-refractivity contribution in [1.29, 1.82) is 0 Å². The van der Waals surface area contributed by atoms with Gasteiger partial charge in [0.1, 0.15) is 0 Å². The molecule has 2 aromatic heterocycles. The average Bonchev–Trinajstić information content (AvgIpc) is 3.42. The first-order chi connectivity index (χ1) is 14.1. The second-order valence-electron chi connectivity index (χ2n) is 6.92. The summed E-state index contributed by atoms with van der Waals surface area (Å²) in [5.41, 5.74) is 1.34. The van der Waals surface area contributed by atoms with E-state index in [0.29, 0.717) is 30.5 Å². The van der Waals surface area contributed by atoms with Crippen LogP contribution in [0.3, 0.4) is 0 Å². The maximum absolute atomic E-state index is 12.3. The van der Waals surface area contributed by atoms with E-state index in [4.69, 9.17) is 4.52 Å². The molecule has 10 heteroatoms. The zero-order valence-corrected chi connectivity index (χ0v) is 16.0. The Balaban J connectivity index is 1.44. The van der Waals surface area contributed by atoms with Crippen molar-refractivity contribution in [3.63, 3.8) is 0 Å². The normalized spacial score (nSPS) is 16.6. The zero-order chi connectivity index (χ0) is 20.2. The number of likely N-dealkylation sites (tertiary alicyclic amines) is 1. The van der Waals surface area contributed by atoms with Gasteiger partial charge in [-0.3, -0.25) is 9.59 Å². The van der Waals surface area contributed by atoms with Gasteiger partial charge in [0.15, 0.2) is 5.69 Å². The molecule has 29 heavy (non-hydrogen) atoms. The van der Waals surface area contributed by atoms with Crippen LogP contribution >= 0.6 is 0 Å². The Labute approximate surface area is 166 Å². The van der Waals surface area contributed by atoms with E-state index < -0.39 is 0 Å². The highest BCUT2D eigenvalue weighted by atomic mass is 16.5. The first kappa shape index (κ1) is 18.8. The fourth-order valence-corrected chi connectivity index (χ4v) is 3.29. The minimum atomic E-state index is -0.220. The van der Waals surface area contributed by atoms with Crippen LogP contribution in [0.2, 0.25) is 0 Å². The SMILES string of the molecule is CC(=O)NCC(=O)N1CCCC(n2cc(-c3nc(-c4ccccc4)no3)nn2)C1. The van der Waals surface area contributed by atoms with Crippen molar-refractivity contribution >= 4 is 11.8 Å². The van der Waals surface area contributed by atoms with Crippen molar-refractivity contribution in [2.45, 2.75) is 25.8 Å². The van der Waals surface area contributed by atoms with Crippen LogP contribution in [0.25, 0.3) is 23.0 Å². The van der Waals surface area contributed by atoms with E-state index in [1.54, 1.807) is 15.8 Å². The van der Waals surface area contributed by atoms with Crippen LogP contribution < -0.4 is 5.32 Å². The maximum Gasteiger partial charge on any atom is 0.280 e. The Hall–Kier alpha value is -3.56. The van der Waals surface area contributed by atoms with Crippen molar-refractivity contribution < 1.29 is 14.1 Å². The van der Waals surface area contributed by atoms with Gasteiger partial charge in [0.2, 0.25) is 17.6 Å². The average molecular weight is 395 g/mol. The van der Waals surface area contributed by atoms with E-state index in [0.717, 1.165) is 18.4 Å². The molecule has 1 aliphatic rings. The third-order valence-electron chi connectivity index (χ3n) is 4.80. The van der Waals surface area contributed by atoms with E-state index in [1.807, 2.05) is 30.3 Å². The van der Waals surface area contributed by atoms with Gasteiger partial charge in [0.25, 0.3) is 5.89 Å². The Morgan fingerprint density at radius 3 is 2.90 bits per heavy atom. The monoisotopic (exact) mass is 395 g/mol. The zero-order valence-electron chi connectivity index (χ0n) is 16.0. The molecule has 1 atom stereocenters. The number of aromatic nitrogens is 5. The smallest absolute Gasteiger partial charge is 0.280 e. The molecule has 1 unspecified atom stereocenters. The summed E-state index contributed by atoms with van der Waals surface area (Å²) in [5, 5.41) is 14.9. The third kappa shape index (κ3) is 4.31. The van der Waals surface area contributed by atoms with Gasteiger partial charge in [0.05, 0.1) is 18.8 Å². The molecule has 0 aliphatic carbocycles. The quantitative estimate of drug-likeness (QED) is 0.691. The van der Waals surface area contributed by atoms with Crippen LogP contribution in [0.15, 0.2) is 41.1 Å². The van der Waals surface area contributed by atoms with Crippen molar-refractivity contribution in [3.8, 4) is 23.0 Å². The Morgan fingerprint density at radius 1 is 1.28 bits per heavy atom. The molecule has 3 heterocycles. The summed E-state index contributed by atoms with van der Waals surface area (Å²) in [6, 6.07) is 9.54. The van der Waals surface area contributed by atoms with Gasteiger partial charge >= 0.3 is 0 Å². The molecule has 0 radical (unpaired) electrons. The van der Waals surface area contributed by atoms with Crippen LogP contribution in [0.1, 0.15) is 25.8 Å². The molecule has 1 fully saturated rings. The lowest BCUT2D eigenvalue weighted by Gasteiger charge is -2.32. The van der Waals surface area contributed by atoms with Crippen LogP contribution in [0.4, 0.5) is 0 Å². The van der Waals surface area contributed by atoms with Gasteiger partial charge in [-0.2, -0.15) is 4.98 Å². The number of carbonyl (C=O) groups is 2. The van der Waals surface area contributed by atoms with E-state index in [2.05, 4.69) is 25.8 Å². The lowest BCUT2D eigenvalue weighted by Crippen LogP contribution is -2.45. The summed E-state index contributed by atoms with van der Waals surface area (Å²) in [6.45, 7) is 2.58. The van der Waals surface area contributed by atoms with E-state index in [1.165, 1.54) is 6.92 Å². The summed E-state index contributed by atoms with van der Waals surface area (Å²) >= 11 is 0. The largest absolute Gasteiger partial charge is 0.347 e. The predicted octanol–water partition coefficient (Wildman–Crippen LogP) is 1.29. The first-order valence-electron chi connectivity index (χ1n) is 9.43. The molecular formula is C19H21N7O3. The minimum absolute atomic E-state index is 0.00259. The Bertz CT molecular complexity index is 998. The number of benzene rings is 1. The highest BCUT2D eigenvalue weighted by molar-refractivity contribution is 5.83. The van der Waals surface area contributed by atoms with Crippen LogP contribution in [-0.4, -0.2) is 61.5 Å². The van der Waals surface area contributed by atoms with Crippen LogP contribution in [0, 0.1) is 0 Å². The molecule has 150 valence electrons. The highest BCUT2D eigenvalue weighted by Crippen LogP contribution is 2.24. The lowest BCUT2D eigenvalue weighted by molar-refractivity contribution is -0.133. The molecule has 0 saturated carbocycles. The number of carbonyl (C=O) groups excluding carboxylic acids is 2. The second kappa shape index (κ2) is 8.21. The predicted molar refractivity (Wildman–Crippen MR) is 102 cm³/mol. The second-order valence-corrected chi connectivity index (χ2v) is 6.92. The Morgan fingerprint density at radius 2 is 2.10 bits per heavy atom. The van der Waals surface area contributed by atoms with Gasteiger partial charge in [-0.1, -0.05) is 40.7 Å². The molecule has 1 aliphatic heterocycles. The standard InChI is InChI=1S/C19H21N7O3/c1-13(27)20-10-17(28)25-9-5-8-15(11-25)26-12-16(22-24-26)19-21-18(23-29-19)14-6-3-2-4-7-14/h2-4,6-7,12,15H,5,8-11H2,1H3,(H,20,27). The Kier molecular flexibility index (Phi) is 5.32. The van der Waals surface area contributed by atoms with Gasteiger partial charge in [-0.15, -0.1) is 5.10 Å². The fourth-order valence-electron chi connectivity index (χ4n) is 3.29. The van der Waals surface area contributed by atoms with Gasteiger partial charge in [-0.25, -0.2) is 4.68 Å². The number of amides is 2. The van der Waals surface area contributed by atoms with Gasteiger partial charge in [-0.05, 0) is 12.8 Å². The molecule has 2 amide bonds. The summed E-state index contributed by atoms with van der Waals surface area (Å²) in [6.07, 6.45) is 3.49. The summed E-state index contributed by atoms with van der Waals surface area (Å²) in [7, 11) is 0. The number of hydrogen-bond donors (Lipinski definition) is 1. The highest BCUT2D eigenvalue weighted by Gasteiger charge is 2.26. The number of nitrogens with one attached hydrogen (secondary N) is 1. The van der Waals surface area contributed by atoms with Crippen molar-refractivity contribution in [1.82, 2.24) is 35.4 Å². The third-order valence-corrected chi connectivity index (χ3v) is 4.80. The molecule has 0 spiro atoms. The molecule has 1 aromatic carbocycles. The molecule has 10 nitrogen and oxygen atoms in total. The van der Waals surface area contributed by atoms with Gasteiger partial charge in [0, 0.05) is 25.6 Å². The van der Waals surface area contributed by atoms with E-state index >= 15 is 0 Å². The maximum atomic E-state index is 12.3. The van der Waals surface area contributed by atoms with Crippen LogP contribution in [0.5, 0.6) is 0 Å². The molecule has 1 saturated heterocycles. The number of piperidine rings is 1. The van der Waals surface area contributed by atoms with Crippen molar-refractivity contribution in [2.75, 3.05) is 19.6 Å². The summed E-state index contributed by atoms with van der Waals surface area (Å²) < 4.78 is 7.07. The number of rotatable bonds is 5.